The van der Waals surface area contributed by atoms with Crippen LogP contribution in [0.25, 0.3) is 0 Å². The van der Waals surface area contributed by atoms with Gasteiger partial charge in [-0.15, -0.1) is 0 Å². The summed E-state index contributed by atoms with van der Waals surface area (Å²) in [4.78, 5) is 12.0. The van der Waals surface area contributed by atoms with Crippen molar-refractivity contribution < 1.29 is 20.1 Å². The molecule has 0 amide bonds. The molecular formula is C14H12O4. The predicted octanol–water partition coefficient (Wildman–Crippen LogP) is 2.23. The van der Waals surface area contributed by atoms with Crippen molar-refractivity contribution in [2.24, 2.45) is 0 Å². The first-order valence-electron chi connectivity index (χ1n) is 5.40. The Balaban J connectivity index is 2.28. The number of phenols is 3. The minimum Gasteiger partial charge on any atom is -0.508 e. The Labute approximate surface area is 104 Å². The molecule has 0 heterocycles. The van der Waals surface area contributed by atoms with Crippen molar-refractivity contribution >= 4 is 5.78 Å². The number of carbonyl (C=O) groups excluding carboxylic acids is 1. The van der Waals surface area contributed by atoms with Crippen LogP contribution < -0.4 is 0 Å². The molecule has 0 fully saturated rings. The van der Waals surface area contributed by atoms with Crippen LogP contribution in [0.15, 0.2) is 42.5 Å². The standard InChI is InChI=1S/C14H12O4/c15-10-5-6-13(17)11(8-10)14(18)7-9-3-1-2-4-12(9)16/h1-6,8,15-17H,7H2. The molecule has 0 aliphatic rings. The molecule has 2 aromatic rings. The van der Waals surface area contributed by atoms with E-state index in [1.807, 2.05) is 0 Å². The molecule has 92 valence electrons. The van der Waals surface area contributed by atoms with E-state index in [0.29, 0.717) is 5.56 Å². The second-order valence-electron chi connectivity index (χ2n) is 3.93. The molecule has 2 rings (SSSR count). The van der Waals surface area contributed by atoms with Crippen LogP contribution in [-0.2, 0) is 6.42 Å². The summed E-state index contributed by atoms with van der Waals surface area (Å²) < 4.78 is 0. The zero-order chi connectivity index (χ0) is 13.1. The van der Waals surface area contributed by atoms with Crippen molar-refractivity contribution in [1.29, 1.82) is 0 Å². The predicted molar refractivity (Wildman–Crippen MR) is 65.9 cm³/mol. The molecule has 0 saturated carbocycles. The van der Waals surface area contributed by atoms with Gasteiger partial charge in [-0.2, -0.15) is 0 Å². The van der Waals surface area contributed by atoms with Crippen LogP contribution in [0.4, 0.5) is 0 Å². The zero-order valence-corrected chi connectivity index (χ0v) is 9.50. The third-order valence-electron chi connectivity index (χ3n) is 2.62. The topological polar surface area (TPSA) is 77.8 Å². The number of hydrogen-bond donors (Lipinski definition) is 3. The lowest BCUT2D eigenvalue weighted by molar-refractivity contribution is 0.0989. The largest absolute Gasteiger partial charge is 0.508 e. The minimum atomic E-state index is -0.370. The van der Waals surface area contributed by atoms with Gasteiger partial charge in [0.2, 0.25) is 0 Å². The number of carbonyl (C=O) groups is 1. The highest BCUT2D eigenvalue weighted by Gasteiger charge is 2.14. The van der Waals surface area contributed by atoms with Crippen LogP contribution in [0.5, 0.6) is 17.2 Å². The van der Waals surface area contributed by atoms with E-state index in [1.54, 1.807) is 18.2 Å². The fourth-order valence-corrected chi connectivity index (χ4v) is 1.68. The lowest BCUT2D eigenvalue weighted by Crippen LogP contribution is -2.04. The Bertz CT molecular complexity index is 590. The number of Topliss-reactive ketones (excluding diaryl/α,β-unsaturated/α-hetero) is 1. The van der Waals surface area contributed by atoms with Crippen LogP contribution in [0.1, 0.15) is 15.9 Å². The van der Waals surface area contributed by atoms with Gasteiger partial charge < -0.3 is 15.3 Å². The third kappa shape index (κ3) is 2.43. The molecule has 3 N–H and O–H groups in total. The van der Waals surface area contributed by atoms with E-state index >= 15 is 0 Å². The van der Waals surface area contributed by atoms with E-state index in [4.69, 9.17) is 0 Å². The van der Waals surface area contributed by atoms with Crippen molar-refractivity contribution in [3.05, 3.63) is 53.6 Å². The van der Waals surface area contributed by atoms with Crippen molar-refractivity contribution in [2.75, 3.05) is 0 Å². The zero-order valence-electron chi connectivity index (χ0n) is 9.50. The van der Waals surface area contributed by atoms with E-state index in [0.717, 1.165) is 0 Å². The monoisotopic (exact) mass is 244 g/mol. The van der Waals surface area contributed by atoms with Crippen LogP contribution >= 0.6 is 0 Å². The Morgan fingerprint density at radius 1 is 0.944 bits per heavy atom. The van der Waals surface area contributed by atoms with Gasteiger partial charge in [-0.1, -0.05) is 18.2 Å². The number of hydrogen-bond acceptors (Lipinski definition) is 4. The quantitative estimate of drug-likeness (QED) is 0.571. The lowest BCUT2D eigenvalue weighted by Gasteiger charge is -2.06. The number of phenolic OH excluding ortho intramolecular Hbond substituents is 3. The SMILES string of the molecule is O=C(Cc1ccccc1O)c1cc(O)ccc1O. The first kappa shape index (κ1) is 12.0. The highest BCUT2D eigenvalue weighted by Crippen LogP contribution is 2.25. The second kappa shape index (κ2) is 4.79. The second-order valence-corrected chi connectivity index (χ2v) is 3.93. The Hall–Kier alpha value is -2.49. The maximum atomic E-state index is 12.0. The summed E-state index contributed by atoms with van der Waals surface area (Å²) in [6.45, 7) is 0. The van der Waals surface area contributed by atoms with Gasteiger partial charge in [-0.3, -0.25) is 4.79 Å². The summed E-state index contributed by atoms with van der Waals surface area (Å²) >= 11 is 0. The Morgan fingerprint density at radius 2 is 1.67 bits per heavy atom. The molecule has 0 spiro atoms. The summed E-state index contributed by atoms with van der Waals surface area (Å²) in [7, 11) is 0. The van der Waals surface area contributed by atoms with Gasteiger partial charge in [0.25, 0.3) is 0 Å². The molecule has 0 bridgehead atoms. The number of aromatic hydroxyl groups is 3. The molecule has 2 aromatic carbocycles. The molecule has 4 heteroatoms. The number of rotatable bonds is 3. The van der Waals surface area contributed by atoms with E-state index in [2.05, 4.69) is 0 Å². The fourth-order valence-electron chi connectivity index (χ4n) is 1.68. The molecule has 0 aromatic heterocycles. The van der Waals surface area contributed by atoms with E-state index in [-0.39, 0.29) is 35.0 Å². The van der Waals surface area contributed by atoms with Gasteiger partial charge in [-0.25, -0.2) is 0 Å². The highest BCUT2D eigenvalue weighted by molar-refractivity contribution is 6.00. The molecule has 0 atom stereocenters. The average Bonchev–Trinajstić information content (AvgIpc) is 2.35. The number of ketones is 1. The van der Waals surface area contributed by atoms with Crippen molar-refractivity contribution in [2.45, 2.75) is 6.42 Å². The lowest BCUT2D eigenvalue weighted by atomic mass is 10.0. The third-order valence-corrected chi connectivity index (χ3v) is 2.62. The van der Waals surface area contributed by atoms with Crippen molar-refractivity contribution in [3.63, 3.8) is 0 Å². The van der Waals surface area contributed by atoms with E-state index in [1.165, 1.54) is 24.3 Å². The molecular weight excluding hydrogens is 232 g/mol. The molecule has 0 unspecified atom stereocenters. The van der Waals surface area contributed by atoms with Gasteiger partial charge in [-0.05, 0) is 24.3 Å². The van der Waals surface area contributed by atoms with Crippen molar-refractivity contribution in [3.8, 4) is 17.2 Å². The van der Waals surface area contributed by atoms with Crippen LogP contribution in [0.2, 0.25) is 0 Å². The summed E-state index contributed by atoms with van der Waals surface area (Å²) in [5, 5.41) is 28.4. The normalized spacial score (nSPS) is 10.2. The van der Waals surface area contributed by atoms with Gasteiger partial charge >= 0.3 is 0 Å². The smallest absolute Gasteiger partial charge is 0.171 e. The molecule has 4 nitrogen and oxygen atoms in total. The highest BCUT2D eigenvalue weighted by atomic mass is 16.3. The minimum absolute atomic E-state index is 0.0329. The summed E-state index contributed by atoms with van der Waals surface area (Å²) in [5.74, 6) is -0.614. The van der Waals surface area contributed by atoms with Gasteiger partial charge in [0, 0.05) is 12.0 Å². The average molecular weight is 244 g/mol. The molecule has 18 heavy (non-hydrogen) atoms. The fraction of sp³-hybridized carbons (Fsp3) is 0.0714. The first-order chi connectivity index (χ1) is 8.58. The maximum Gasteiger partial charge on any atom is 0.171 e. The summed E-state index contributed by atoms with van der Waals surface area (Å²) in [6, 6.07) is 10.3. The number of para-hydroxylation sites is 1. The van der Waals surface area contributed by atoms with Crippen LogP contribution in [0.3, 0.4) is 0 Å². The molecule has 0 aliphatic heterocycles. The Kier molecular flexibility index (Phi) is 3.19. The molecule has 0 saturated heterocycles. The van der Waals surface area contributed by atoms with Gasteiger partial charge in [0.1, 0.15) is 17.2 Å². The number of benzene rings is 2. The summed E-state index contributed by atoms with van der Waals surface area (Å²) in [6.07, 6.45) is -0.0380. The first-order valence-corrected chi connectivity index (χ1v) is 5.40. The van der Waals surface area contributed by atoms with Crippen LogP contribution in [-0.4, -0.2) is 21.1 Å². The van der Waals surface area contributed by atoms with Crippen LogP contribution in [0, 0.1) is 0 Å². The Morgan fingerprint density at radius 3 is 2.39 bits per heavy atom. The van der Waals surface area contributed by atoms with E-state index in [9.17, 15) is 20.1 Å². The van der Waals surface area contributed by atoms with Crippen molar-refractivity contribution in [1.82, 2.24) is 0 Å². The maximum absolute atomic E-state index is 12.0. The molecule has 0 aliphatic carbocycles. The summed E-state index contributed by atoms with van der Waals surface area (Å²) in [5.41, 5.74) is 0.517. The van der Waals surface area contributed by atoms with Gasteiger partial charge in [0.05, 0.1) is 5.56 Å². The molecule has 0 radical (unpaired) electrons. The van der Waals surface area contributed by atoms with Gasteiger partial charge in [0.15, 0.2) is 5.78 Å². The van der Waals surface area contributed by atoms with E-state index < -0.39 is 0 Å².